The van der Waals surface area contributed by atoms with Crippen LogP contribution < -0.4 is 33.2 Å². The van der Waals surface area contributed by atoms with E-state index in [1.165, 1.54) is 0 Å². The summed E-state index contributed by atoms with van der Waals surface area (Å²) in [4.78, 5) is 59.2. The van der Waals surface area contributed by atoms with Gasteiger partial charge in [-0.1, -0.05) is 42.8 Å². The standard InChI is InChI=1S/C34H46N8O5/c35-15-7-5-11-25(37)31(43)41-29(17-21-19-38-26-12-3-1-9-23(21)26)33(45)40-28(14-6-8-16-36)32(44)42-30(34(46)47)18-22-20-39-27-13-4-2-10-24(22)27/h1-4,9-10,12-13,19-20,25,28-30,38-39H,5-8,11,14-18,35-37H2,(H,40,45)(H,41,43)(H,42,44)(H,46,47)/t25-,28-,29-,30-/m0/s1. The number of carbonyl (C=O) groups excluding carboxylic acids is 3. The lowest BCUT2D eigenvalue weighted by Gasteiger charge is -2.25. The van der Waals surface area contributed by atoms with Gasteiger partial charge in [0.15, 0.2) is 0 Å². The topological polar surface area (TPSA) is 234 Å². The van der Waals surface area contributed by atoms with Gasteiger partial charge in [0.25, 0.3) is 0 Å². The van der Waals surface area contributed by atoms with E-state index in [1.807, 2.05) is 48.5 Å². The summed E-state index contributed by atoms with van der Waals surface area (Å²) in [5, 5.41) is 20.0. The number of aromatic nitrogens is 2. The number of carbonyl (C=O) groups is 4. The normalized spacial score (nSPS) is 13.9. The predicted molar refractivity (Wildman–Crippen MR) is 181 cm³/mol. The summed E-state index contributed by atoms with van der Waals surface area (Å²) in [6, 6.07) is 10.9. The Bertz CT molecular complexity index is 1650. The first kappa shape index (κ1) is 35.1. The van der Waals surface area contributed by atoms with Crippen molar-refractivity contribution in [2.24, 2.45) is 17.2 Å². The molecule has 0 saturated carbocycles. The molecule has 2 aromatic heterocycles. The number of rotatable bonds is 19. The van der Waals surface area contributed by atoms with Gasteiger partial charge in [-0.05, 0) is 68.5 Å². The van der Waals surface area contributed by atoms with Crippen LogP contribution in [0.4, 0.5) is 0 Å². The van der Waals surface area contributed by atoms with Gasteiger partial charge in [-0.2, -0.15) is 0 Å². The fourth-order valence-corrected chi connectivity index (χ4v) is 5.67. The fourth-order valence-electron chi connectivity index (χ4n) is 5.67. The second-order valence-corrected chi connectivity index (χ2v) is 11.8. The lowest BCUT2D eigenvalue weighted by molar-refractivity contribution is -0.142. The maximum Gasteiger partial charge on any atom is 0.326 e. The Labute approximate surface area is 273 Å². The summed E-state index contributed by atoms with van der Waals surface area (Å²) in [6.45, 7) is 0.875. The number of amides is 3. The summed E-state index contributed by atoms with van der Waals surface area (Å²) >= 11 is 0. The third kappa shape index (κ3) is 9.64. The molecule has 0 fully saturated rings. The van der Waals surface area contributed by atoms with E-state index in [2.05, 4.69) is 25.9 Å². The molecule has 0 saturated heterocycles. The molecule has 4 rings (SSSR count). The average molecular weight is 647 g/mol. The first-order valence-corrected chi connectivity index (χ1v) is 16.1. The molecule has 0 unspecified atom stereocenters. The highest BCUT2D eigenvalue weighted by molar-refractivity contribution is 5.95. The molecule has 4 atom stereocenters. The van der Waals surface area contributed by atoms with E-state index in [1.54, 1.807) is 12.4 Å². The third-order valence-corrected chi connectivity index (χ3v) is 8.33. The van der Waals surface area contributed by atoms with Crippen LogP contribution >= 0.6 is 0 Å². The first-order valence-electron chi connectivity index (χ1n) is 16.1. The van der Waals surface area contributed by atoms with Gasteiger partial charge in [0.05, 0.1) is 6.04 Å². The van der Waals surface area contributed by atoms with Crippen molar-refractivity contribution >= 4 is 45.5 Å². The minimum atomic E-state index is -1.25. The predicted octanol–water partition coefficient (Wildman–Crippen LogP) is 1.56. The maximum atomic E-state index is 13.9. The van der Waals surface area contributed by atoms with Crippen molar-refractivity contribution in [2.75, 3.05) is 13.1 Å². The molecule has 13 heteroatoms. The van der Waals surface area contributed by atoms with E-state index in [9.17, 15) is 24.3 Å². The van der Waals surface area contributed by atoms with Crippen LogP contribution in [0.5, 0.6) is 0 Å². The highest BCUT2D eigenvalue weighted by Crippen LogP contribution is 2.21. The Morgan fingerprint density at radius 3 is 1.66 bits per heavy atom. The summed E-state index contributed by atoms with van der Waals surface area (Å²) in [6.07, 6.45) is 6.81. The van der Waals surface area contributed by atoms with Crippen molar-refractivity contribution in [1.82, 2.24) is 25.9 Å². The van der Waals surface area contributed by atoms with Crippen molar-refractivity contribution in [3.63, 3.8) is 0 Å². The van der Waals surface area contributed by atoms with E-state index in [0.29, 0.717) is 38.8 Å². The van der Waals surface area contributed by atoms with E-state index < -0.39 is 47.9 Å². The fraction of sp³-hybridized carbons (Fsp3) is 0.412. The number of fused-ring (bicyclic) bond motifs is 2. The lowest BCUT2D eigenvalue weighted by Crippen LogP contribution is -2.57. The van der Waals surface area contributed by atoms with E-state index in [0.717, 1.165) is 39.4 Å². The number of unbranched alkanes of at least 4 members (excludes halogenated alkanes) is 2. The molecule has 0 radical (unpaired) electrons. The van der Waals surface area contributed by atoms with Gasteiger partial charge >= 0.3 is 5.97 Å². The number of para-hydroxylation sites is 2. The van der Waals surface area contributed by atoms with Gasteiger partial charge in [0, 0.05) is 47.0 Å². The highest BCUT2D eigenvalue weighted by Gasteiger charge is 2.31. The van der Waals surface area contributed by atoms with E-state index >= 15 is 0 Å². The number of H-pyrrole nitrogens is 2. The molecule has 2 aromatic carbocycles. The zero-order valence-electron chi connectivity index (χ0n) is 26.5. The van der Waals surface area contributed by atoms with Gasteiger partial charge in [-0.3, -0.25) is 14.4 Å². The molecule has 13 nitrogen and oxygen atoms in total. The molecule has 0 aliphatic carbocycles. The zero-order valence-corrected chi connectivity index (χ0v) is 26.5. The Hall–Kier alpha value is -4.72. The summed E-state index contributed by atoms with van der Waals surface area (Å²) in [7, 11) is 0. The van der Waals surface area contributed by atoms with Gasteiger partial charge in [-0.15, -0.1) is 0 Å². The monoisotopic (exact) mass is 646 g/mol. The van der Waals surface area contributed by atoms with Crippen LogP contribution in [0.25, 0.3) is 21.8 Å². The van der Waals surface area contributed by atoms with Crippen LogP contribution in [0.3, 0.4) is 0 Å². The summed E-state index contributed by atoms with van der Waals surface area (Å²) < 4.78 is 0. The van der Waals surface area contributed by atoms with Crippen molar-refractivity contribution in [3.8, 4) is 0 Å². The minimum Gasteiger partial charge on any atom is -0.480 e. The van der Waals surface area contributed by atoms with Crippen molar-refractivity contribution in [1.29, 1.82) is 0 Å². The molecule has 3 amide bonds. The Morgan fingerprint density at radius 2 is 1.11 bits per heavy atom. The van der Waals surface area contributed by atoms with E-state index in [-0.39, 0.29) is 19.3 Å². The van der Waals surface area contributed by atoms with Crippen LogP contribution in [0, 0.1) is 0 Å². The van der Waals surface area contributed by atoms with Crippen LogP contribution in [0.2, 0.25) is 0 Å². The Kier molecular flexibility index (Phi) is 12.9. The number of aromatic amines is 2. The second kappa shape index (κ2) is 17.3. The van der Waals surface area contributed by atoms with Crippen molar-refractivity contribution < 1.29 is 24.3 Å². The number of nitrogens with one attached hydrogen (secondary N) is 5. The molecule has 2 heterocycles. The highest BCUT2D eigenvalue weighted by atomic mass is 16.4. The second-order valence-electron chi connectivity index (χ2n) is 11.8. The molecule has 12 N–H and O–H groups in total. The Morgan fingerprint density at radius 1 is 0.638 bits per heavy atom. The van der Waals surface area contributed by atoms with Crippen molar-refractivity contribution in [3.05, 3.63) is 72.1 Å². The summed E-state index contributed by atoms with van der Waals surface area (Å²) in [5.74, 6) is -2.92. The number of carboxylic acid groups (broad SMARTS) is 1. The first-order chi connectivity index (χ1) is 22.7. The number of benzene rings is 2. The van der Waals surface area contributed by atoms with Crippen molar-refractivity contribution in [2.45, 2.75) is 75.5 Å². The lowest BCUT2D eigenvalue weighted by atomic mass is 10.0. The molecule has 0 aliphatic heterocycles. The van der Waals surface area contributed by atoms with Crippen LogP contribution in [0.15, 0.2) is 60.9 Å². The molecular formula is C34H46N8O5. The number of aliphatic carboxylic acids is 1. The quantitative estimate of drug-likeness (QED) is 0.0677. The molecule has 252 valence electrons. The van der Waals surface area contributed by atoms with Gasteiger partial charge in [-0.25, -0.2) is 4.79 Å². The summed E-state index contributed by atoms with van der Waals surface area (Å²) in [5.41, 5.74) is 20.7. The van der Waals surface area contributed by atoms with Gasteiger partial charge in [0.2, 0.25) is 17.7 Å². The van der Waals surface area contributed by atoms with Gasteiger partial charge < -0.3 is 48.2 Å². The minimum absolute atomic E-state index is 0.0375. The van der Waals surface area contributed by atoms with E-state index in [4.69, 9.17) is 17.2 Å². The number of hydrogen-bond acceptors (Lipinski definition) is 7. The molecule has 0 spiro atoms. The average Bonchev–Trinajstić information content (AvgIpc) is 3.67. The number of hydrogen-bond donors (Lipinski definition) is 9. The molecule has 0 aliphatic rings. The number of nitrogens with two attached hydrogens (primary N) is 3. The van der Waals surface area contributed by atoms with Crippen LogP contribution in [0.1, 0.15) is 49.7 Å². The third-order valence-electron chi connectivity index (χ3n) is 8.33. The molecule has 4 aromatic rings. The largest absolute Gasteiger partial charge is 0.480 e. The van der Waals surface area contributed by atoms with Crippen LogP contribution in [-0.2, 0) is 32.0 Å². The number of carboxylic acids is 1. The molecule has 47 heavy (non-hydrogen) atoms. The molecular weight excluding hydrogens is 600 g/mol. The molecule has 0 bridgehead atoms. The smallest absolute Gasteiger partial charge is 0.326 e. The maximum absolute atomic E-state index is 13.9. The Balaban J connectivity index is 1.53. The van der Waals surface area contributed by atoms with Crippen LogP contribution in [-0.4, -0.2) is 76.0 Å². The SMILES string of the molecule is NCCCC[C@H](NC(=O)[C@H](Cc1c[nH]c2ccccc12)NC(=O)[C@@H](N)CCCCN)C(=O)N[C@@H](Cc1c[nH]c2ccccc12)C(=O)O. The zero-order chi connectivity index (χ0) is 33.8. The van der Waals surface area contributed by atoms with Gasteiger partial charge in [0.1, 0.15) is 18.1 Å².